The van der Waals surface area contributed by atoms with Gasteiger partial charge in [0.2, 0.25) is 0 Å². The zero-order valence-corrected chi connectivity index (χ0v) is 14.5. The first-order valence-electron chi connectivity index (χ1n) is 8.41. The van der Waals surface area contributed by atoms with Crippen LogP contribution in [0.15, 0.2) is 12.7 Å². The molecule has 6 nitrogen and oxygen atoms in total. The van der Waals surface area contributed by atoms with Crippen LogP contribution in [0.25, 0.3) is 0 Å². The van der Waals surface area contributed by atoms with Crippen LogP contribution < -0.4 is 0 Å². The number of ketones is 2. The lowest BCUT2D eigenvalue weighted by Gasteiger charge is -2.03. The summed E-state index contributed by atoms with van der Waals surface area (Å²) in [7, 11) is 0. The summed E-state index contributed by atoms with van der Waals surface area (Å²) in [6.07, 6.45) is 6.30. The van der Waals surface area contributed by atoms with Gasteiger partial charge in [0, 0.05) is 25.8 Å². The molecule has 0 heterocycles. The van der Waals surface area contributed by atoms with Crippen molar-refractivity contribution in [3.63, 3.8) is 0 Å². The Labute approximate surface area is 143 Å². The molecule has 0 fully saturated rings. The molecule has 24 heavy (non-hydrogen) atoms. The van der Waals surface area contributed by atoms with Crippen LogP contribution in [-0.4, -0.2) is 36.7 Å². The smallest absolute Gasteiger partial charge is 0.330 e. The fourth-order valence-electron chi connectivity index (χ4n) is 2.05. The van der Waals surface area contributed by atoms with Crippen LogP contribution in [0.1, 0.15) is 64.7 Å². The Morgan fingerprint density at radius 3 is 1.75 bits per heavy atom. The van der Waals surface area contributed by atoms with E-state index >= 15 is 0 Å². The van der Waals surface area contributed by atoms with E-state index in [9.17, 15) is 19.2 Å². The van der Waals surface area contributed by atoms with Gasteiger partial charge in [0.1, 0.15) is 11.6 Å². The summed E-state index contributed by atoms with van der Waals surface area (Å²) in [5.41, 5.74) is 0. The summed E-state index contributed by atoms with van der Waals surface area (Å²) in [5.74, 6) is -0.810. The van der Waals surface area contributed by atoms with Crippen molar-refractivity contribution in [1.29, 1.82) is 0 Å². The van der Waals surface area contributed by atoms with E-state index in [0.29, 0.717) is 45.3 Å². The lowest BCUT2D eigenvalue weighted by atomic mass is 10.0. The Morgan fingerprint density at radius 2 is 1.29 bits per heavy atom. The normalized spacial score (nSPS) is 10.0. The number of hydrogen-bond acceptors (Lipinski definition) is 6. The second-order valence-electron chi connectivity index (χ2n) is 5.59. The molecule has 0 aliphatic rings. The molecule has 0 bridgehead atoms. The van der Waals surface area contributed by atoms with Crippen LogP contribution in [0.5, 0.6) is 0 Å². The van der Waals surface area contributed by atoms with Crippen LogP contribution in [0.4, 0.5) is 0 Å². The molecule has 0 atom stereocenters. The number of carbonyl (C=O) groups excluding carboxylic acids is 4. The fourth-order valence-corrected chi connectivity index (χ4v) is 2.05. The first-order valence-corrected chi connectivity index (χ1v) is 8.41. The summed E-state index contributed by atoms with van der Waals surface area (Å²) in [4.78, 5) is 44.7. The monoisotopic (exact) mass is 340 g/mol. The SMILES string of the molecule is C=CC(=O)OCCCCCC(=O)CC(=O)CCCCCOC(C)=O. The maximum Gasteiger partial charge on any atom is 0.330 e. The minimum Gasteiger partial charge on any atom is -0.466 e. The van der Waals surface area contributed by atoms with E-state index in [-0.39, 0.29) is 24.0 Å². The third-order valence-electron chi connectivity index (χ3n) is 3.31. The van der Waals surface area contributed by atoms with Crippen LogP contribution >= 0.6 is 0 Å². The molecule has 0 aromatic rings. The van der Waals surface area contributed by atoms with E-state index in [1.54, 1.807) is 0 Å². The lowest BCUT2D eigenvalue weighted by Crippen LogP contribution is -2.08. The van der Waals surface area contributed by atoms with E-state index in [4.69, 9.17) is 9.47 Å². The Balaban J connectivity index is 3.49. The molecule has 0 spiro atoms. The average molecular weight is 340 g/mol. The van der Waals surface area contributed by atoms with Crippen molar-refractivity contribution >= 4 is 23.5 Å². The highest BCUT2D eigenvalue weighted by Gasteiger charge is 2.09. The summed E-state index contributed by atoms with van der Waals surface area (Å²) < 4.78 is 9.62. The van der Waals surface area contributed by atoms with Crippen molar-refractivity contribution in [2.45, 2.75) is 64.7 Å². The van der Waals surface area contributed by atoms with Crippen LogP contribution in [0.3, 0.4) is 0 Å². The first kappa shape index (κ1) is 22.0. The van der Waals surface area contributed by atoms with E-state index in [1.165, 1.54) is 6.92 Å². The van der Waals surface area contributed by atoms with Crippen molar-refractivity contribution in [3.05, 3.63) is 12.7 Å². The second-order valence-corrected chi connectivity index (χ2v) is 5.59. The average Bonchev–Trinajstić information content (AvgIpc) is 2.53. The summed E-state index contributed by atoms with van der Waals surface area (Å²) in [6, 6.07) is 0. The fraction of sp³-hybridized carbons (Fsp3) is 0.667. The van der Waals surface area contributed by atoms with E-state index in [2.05, 4.69) is 6.58 Å². The minimum absolute atomic E-state index is 0.00457. The van der Waals surface area contributed by atoms with Crippen LogP contribution in [-0.2, 0) is 28.7 Å². The van der Waals surface area contributed by atoms with Gasteiger partial charge in [-0.3, -0.25) is 14.4 Å². The topological polar surface area (TPSA) is 86.7 Å². The van der Waals surface area contributed by atoms with E-state index < -0.39 is 5.97 Å². The summed E-state index contributed by atoms with van der Waals surface area (Å²) >= 11 is 0. The van der Waals surface area contributed by atoms with Gasteiger partial charge >= 0.3 is 11.9 Å². The number of unbranched alkanes of at least 4 members (excludes halogenated alkanes) is 4. The molecule has 0 amide bonds. The maximum atomic E-state index is 11.7. The van der Waals surface area contributed by atoms with Crippen LogP contribution in [0, 0.1) is 0 Å². The van der Waals surface area contributed by atoms with Crippen molar-refractivity contribution in [1.82, 2.24) is 0 Å². The van der Waals surface area contributed by atoms with Gasteiger partial charge in [0.25, 0.3) is 0 Å². The Hall–Kier alpha value is -1.98. The molecule has 0 aromatic carbocycles. The van der Waals surface area contributed by atoms with Crippen molar-refractivity contribution < 1.29 is 28.7 Å². The highest BCUT2D eigenvalue weighted by Crippen LogP contribution is 2.07. The zero-order valence-electron chi connectivity index (χ0n) is 14.5. The van der Waals surface area contributed by atoms with E-state index in [1.807, 2.05) is 0 Å². The number of esters is 2. The molecule has 0 aliphatic heterocycles. The zero-order chi connectivity index (χ0) is 18.2. The number of rotatable bonds is 15. The molecular formula is C18H28O6. The third-order valence-corrected chi connectivity index (χ3v) is 3.31. The van der Waals surface area contributed by atoms with Gasteiger partial charge in [-0.1, -0.05) is 6.58 Å². The van der Waals surface area contributed by atoms with Gasteiger partial charge in [-0.15, -0.1) is 0 Å². The summed E-state index contributed by atoms with van der Waals surface area (Å²) in [6.45, 7) is 5.37. The van der Waals surface area contributed by atoms with Crippen molar-refractivity contribution in [3.8, 4) is 0 Å². The molecule has 0 saturated heterocycles. The lowest BCUT2D eigenvalue weighted by molar-refractivity contribution is -0.141. The molecule has 0 saturated carbocycles. The number of ether oxygens (including phenoxy) is 2. The highest BCUT2D eigenvalue weighted by atomic mass is 16.5. The Bertz CT molecular complexity index is 427. The standard InChI is InChI=1S/C18H28O6/c1-3-18(22)24-13-9-5-7-11-17(21)14-16(20)10-6-4-8-12-23-15(2)19/h3H,1,4-14H2,2H3. The predicted octanol–water partition coefficient (Wildman–Crippen LogP) is 2.93. The molecule has 0 rings (SSSR count). The quantitative estimate of drug-likeness (QED) is 0.197. The molecule has 0 unspecified atom stereocenters. The molecular weight excluding hydrogens is 312 g/mol. The van der Waals surface area contributed by atoms with Crippen molar-refractivity contribution in [2.75, 3.05) is 13.2 Å². The Morgan fingerprint density at radius 1 is 0.792 bits per heavy atom. The van der Waals surface area contributed by atoms with Gasteiger partial charge in [-0.25, -0.2) is 4.79 Å². The van der Waals surface area contributed by atoms with Crippen LogP contribution in [0.2, 0.25) is 0 Å². The van der Waals surface area contributed by atoms with Crippen molar-refractivity contribution in [2.24, 2.45) is 0 Å². The molecule has 136 valence electrons. The highest BCUT2D eigenvalue weighted by molar-refractivity contribution is 5.98. The predicted molar refractivity (Wildman–Crippen MR) is 89.4 cm³/mol. The minimum atomic E-state index is -0.440. The molecule has 0 N–H and O–H groups in total. The molecule has 0 radical (unpaired) electrons. The maximum absolute atomic E-state index is 11.7. The first-order chi connectivity index (χ1) is 11.5. The Kier molecular flexibility index (Phi) is 13.4. The van der Waals surface area contributed by atoms with E-state index in [0.717, 1.165) is 25.3 Å². The van der Waals surface area contributed by atoms with Gasteiger partial charge in [0.15, 0.2) is 0 Å². The number of hydrogen-bond donors (Lipinski definition) is 0. The number of carbonyl (C=O) groups is 4. The number of Topliss-reactive ketones (excluding diaryl/α,β-unsaturated/α-hetero) is 2. The second kappa shape index (κ2) is 14.6. The largest absolute Gasteiger partial charge is 0.466 e. The van der Waals surface area contributed by atoms with Gasteiger partial charge in [-0.05, 0) is 38.5 Å². The van der Waals surface area contributed by atoms with Gasteiger partial charge in [0.05, 0.1) is 19.6 Å². The van der Waals surface area contributed by atoms with Gasteiger partial charge in [-0.2, -0.15) is 0 Å². The molecule has 6 heteroatoms. The van der Waals surface area contributed by atoms with Gasteiger partial charge < -0.3 is 9.47 Å². The third kappa shape index (κ3) is 14.9. The molecule has 0 aromatic heterocycles. The summed E-state index contributed by atoms with van der Waals surface area (Å²) in [5, 5.41) is 0. The molecule has 0 aliphatic carbocycles.